The first-order valence-electron chi connectivity index (χ1n) is 6.11. The van der Waals surface area contributed by atoms with Crippen molar-refractivity contribution in [2.45, 2.75) is 13.8 Å². The molecular formula is C15H14ClN3. The topological polar surface area (TPSA) is 29.9 Å². The summed E-state index contributed by atoms with van der Waals surface area (Å²) in [7, 11) is 0. The molecule has 19 heavy (non-hydrogen) atoms. The number of hydrogen-bond acceptors (Lipinski definition) is 2. The van der Waals surface area contributed by atoms with Crippen LogP contribution in [0.5, 0.6) is 0 Å². The minimum absolute atomic E-state index is 0.700. The fourth-order valence-electron chi connectivity index (χ4n) is 2.18. The van der Waals surface area contributed by atoms with Crippen LogP contribution in [0.2, 0.25) is 5.02 Å². The molecule has 0 saturated heterocycles. The van der Waals surface area contributed by atoms with Crippen LogP contribution in [0.3, 0.4) is 0 Å². The summed E-state index contributed by atoms with van der Waals surface area (Å²) in [5.74, 6) is 0. The summed E-state index contributed by atoms with van der Waals surface area (Å²) in [5, 5.41) is 1.75. The molecule has 0 aliphatic heterocycles. The van der Waals surface area contributed by atoms with Crippen molar-refractivity contribution >= 4 is 28.2 Å². The van der Waals surface area contributed by atoms with Crippen molar-refractivity contribution in [2.75, 3.05) is 5.43 Å². The average Bonchev–Trinajstić information content (AvgIpc) is 2.70. The molecular weight excluding hydrogens is 258 g/mol. The lowest BCUT2D eigenvalue weighted by molar-refractivity contribution is 0.883. The smallest absolute Gasteiger partial charge is 0.0738 e. The molecule has 3 aromatic rings. The first kappa shape index (κ1) is 12.1. The van der Waals surface area contributed by atoms with Gasteiger partial charge in [-0.25, -0.2) is 0 Å². The molecule has 0 bridgehead atoms. The predicted octanol–water partition coefficient (Wildman–Crippen LogP) is 4.18. The van der Waals surface area contributed by atoms with Crippen LogP contribution in [0.15, 0.2) is 42.6 Å². The summed E-state index contributed by atoms with van der Waals surface area (Å²) in [6.07, 6.45) is 1.79. The number of halogens is 1. The molecule has 96 valence electrons. The number of anilines is 1. The van der Waals surface area contributed by atoms with Crippen molar-refractivity contribution in [3.8, 4) is 0 Å². The summed E-state index contributed by atoms with van der Waals surface area (Å²) in [5.41, 5.74) is 7.65. The Morgan fingerprint density at radius 1 is 1.05 bits per heavy atom. The van der Waals surface area contributed by atoms with Crippen molar-refractivity contribution in [3.63, 3.8) is 0 Å². The molecule has 2 aromatic heterocycles. The van der Waals surface area contributed by atoms with Gasteiger partial charge in [0.15, 0.2) is 0 Å². The van der Waals surface area contributed by atoms with Crippen molar-refractivity contribution in [1.29, 1.82) is 0 Å². The minimum Gasteiger partial charge on any atom is -0.294 e. The van der Waals surface area contributed by atoms with Gasteiger partial charge in [0, 0.05) is 28.0 Å². The zero-order valence-corrected chi connectivity index (χ0v) is 11.6. The van der Waals surface area contributed by atoms with Crippen LogP contribution < -0.4 is 5.43 Å². The van der Waals surface area contributed by atoms with Gasteiger partial charge in [-0.05, 0) is 50.2 Å². The summed E-state index contributed by atoms with van der Waals surface area (Å²) in [6, 6.07) is 11.9. The lowest BCUT2D eigenvalue weighted by Gasteiger charge is -2.14. The van der Waals surface area contributed by atoms with Gasteiger partial charge < -0.3 is 0 Å². The summed E-state index contributed by atoms with van der Waals surface area (Å²) in [4.78, 5) is 4.34. The third-order valence-electron chi connectivity index (χ3n) is 3.21. The Morgan fingerprint density at radius 3 is 2.53 bits per heavy atom. The first-order chi connectivity index (χ1) is 9.15. The Hall–Kier alpha value is -2.00. The normalized spacial score (nSPS) is 10.9. The fourth-order valence-corrected chi connectivity index (χ4v) is 2.35. The van der Waals surface area contributed by atoms with Gasteiger partial charge in [0.05, 0.1) is 11.2 Å². The van der Waals surface area contributed by atoms with E-state index in [9.17, 15) is 0 Å². The first-order valence-corrected chi connectivity index (χ1v) is 6.49. The Morgan fingerprint density at radius 2 is 1.79 bits per heavy atom. The van der Waals surface area contributed by atoms with Crippen molar-refractivity contribution < 1.29 is 0 Å². The van der Waals surface area contributed by atoms with Crippen LogP contribution in [0.25, 0.3) is 10.9 Å². The highest BCUT2D eigenvalue weighted by atomic mass is 35.5. The number of hydrogen-bond donors (Lipinski definition) is 1. The number of aromatic nitrogens is 2. The van der Waals surface area contributed by atoms with E-state index in [-0.39, 0.29) is 0 Å². The Balaban J connectivity index is 2.11. The molecule has 3 rings (SSSR count). The average molecular weight is 272 g/mol. The van der Waals surface area contributed by atoms with E-state index in [1.165, 1.54) is 0 Å². The van der Waals surface area contributed by atoms with Gasteiger partial charge in [-0.3, -0.25) is 15.1 Å². The number of fused-ring (bicyclic) bond motifs is 1. The maximum Gasteiger partial charge on any atom is 0.0738 e. The quantitative estimate of drug-likeness (QED) is 0.758. The third kappa shape index (κ3) is 2.17. The molecule has 1 N–H and O–H groups in total. The largest absolute Gasteiger partial charge is 0.294 e. The van der Waals surface area contributed by atoms with Gasteiger partial charge in [-0.1, -0.05) is 11.6 Å². The summed E-state index contributed by atoms with van der Waals surface area (Å²) in [6.45, 7) is 4.14. The molecule has 0 saturated carbocycles. The molecule has 3 nitrogen and oxygen atoms in total. The van der Waals surface area contributed by atoms with Gasteiger partial charge in [0.2, 0.25) is 0 Å². The lowest BCUT2D eigenvalue weighted by atomic mass is 10.2. The molecule has 0 fully saturated rings. The van der Waals surface area contributed by atoms with E-state index in [0.717, 1.165) is 28.0 Å². The predicted molar refractivity (Wildman–Crippen MR) is 79.7 cm³/mol. The van der Waals surface area contributed by atoms with Gasteiger partial charge >= 0.3 is 0 Å². The van der Waals surface area contributed by atoms with Crippen LogP contribution >= 0.6 is 11.6 Å². The molecule has 0 atom stereocenters. The highest BCUT2D eigenvalue weighted by Crippen LogP contribution is 2.25. The van der Waals surface area contributed by atoms with Crippen molar-refractivity contribution in [2.24, 2.45) is 0 Å². The van der Waals surface area contributed by atoms with Crippen LogP contribution in [0, 0.1) is 13.8 Å². The molecule has 1 aromatic carbocycles. The SMILES string of the molecule is Cc1ccc(C)n1Nc1ccnc2cc(Cl)ccc12. The van der Waals surface area contributed by atoms with Crippen LogP contribution in [-0.4, -0.2) is 9.66 Å². The maximum absolute atomic E-state index is 6.00. The van der Waals surface area contributed by atoms with Gasteiger partial charge in [0.25, 0.3) is 0 Å². The Labute approximate surface area is 116 Å². The molecule has 0 amide bonds. The summed E-state index contributed by atoms with van der Waals surface area (Å²) < 4.78 is 2.06. The number of aryl methyl sites for hydroxylation is 2. The second-order valence-electron chi connectivity index (χ2n) is 4.58. The van der Waals surface area contributed by atoms with E-state index in [4.69, 9.17) is 11.6 Å². The maximum atomic E-state index is 6.00. The van der Waals surface area contributed by atoms with Crippen LogP contribution in [0.4, 0.5) is 5.69 Å². The zero-order valence-electron chi connectivity index (χ0n) is 10.8. The van der Waals surface area contributed by atoms with E-state index < -0.39 is 0 Å². The summed E-state index contributed by atoms with van der Waals surface area (Å²) >= 11 is 6.00. The highest BCUT2D eigenvalue weighted by molar-refractivity contribution is 6.31. The van der Waals surface area contributed by atoms with E-state index in [1.807, 2.05) is 24.3 Å². The fraction of sp³-hybridized carbons (Fsp3) is 0.133. The standard InChI is InChI=1S/C15H14ClN3/c1-10-3-4-11(2)19(10)18-14-7-8-17-15-9-12(16)5-6-13(14)15/h3-9H,1-2H3,(H,17,18). The number of pyridine rings is 1. The van der Waals surface area contributed by atoms with Gasteiger partial charge in [0.1, 0.15) is 0 Å². The van der Waals surface area contributed by atoms with Crippen LogP contribution in [-0.2, 0) is 0 Å². The number of nitrogens with one attached hydrogen (secondary N) is 1. The Bertz CT molecular complexity index is 727. The molecule has 0 unspecified atom stereocenters. The molecule has 2 heterocycles. The second kappa shape index (κ2) is 4.59. The zero-order chi connectivity index (χ0) is 13.4. The van der Waals surface area contributed by atoms with E-state index in [0.29, 0.717) is 5.02 Å². The number of benzene rings is 1. The second-order valence-corrected chi connectivity index (χ2v) is 5.02. The molecule has 0 aliphatic carbocycles. The third-order valence-corrected chi connectivity index (χ3v) is 3.44. The van der Waals surface area contributed by atoms with Crippen molar-refractivity contribution in [1.82, 2.24) is 9.66 Å². The van der Waals surface area contributed by atoms with Crippen molar-refractivity contribution in [3.05, 3.63) is 59.0 Å². The highest BCUT2D eigenvalue weighted by Gasteiger charge is 2.05. The lowest BCUT2D eigenvalue weighted by Crippen LogP contribution is -2.12. The van der Waals surface area contributed by atoms with Crippen LogP contribution in [0.1, 0.15) is 11.4 Å². The number of rotatable bonds is 2. The number of nitrogens with zero attached hydrogens (tertiary/aromatic N) is 2. The molecule has 0 spiro atoms. The molecule has 4 heteroatoms. The minimum atomic E-state index is 0.700. The Kier molecular flexibility index (Phi) is 2.91. The van der Waals surface area contributed by atoms with Gasteiger partial charge in [-0.2, -0.15) is 0 Å². The van der Waals surface area contributed by atoms with E-state index >= 15 is 0 Å². The molecule has 0 aliphatic rings. The molecule has 0 radical (unpaired) electrons. The monoisotopic (exact) mass is 271 g/mol. The van der Waals surface area contributed by atoms with E-state index in [1.54, 1.807) is 6.20 Å². The van der Waals surface area contributed by atoms with E-state index in [2.05, 4.69) is 41.1 Å². The van der Waals surface area contributed by atoms with Gasteiger partial charge in [-0.15, -0.1) is 0 Å².